The summed E-state index contributed by atoms with van der Waals surface area (Å²) in [6, 6.07) is 0. The maximum atomic E-state index is 12.3. The Kier molecular flexibility index (Phi) is 2.88. The van der Waals surface area contributed by atoms with Gasteiger partial charge in [-0.25, -0.2) is 8.78 Å². The molecular formula is C7H4F2N2O4. The van der Waals surface area contributed by atoms with Gasteiger partial charge in [-0.1, -0.05) is 0 Å². The first-order valence-electron chi connectivity index (χ1n) is 3.58. The van der Waals surface area contributed by atoms with Crippen molar-refractivity contribution in [2.24, 2.45) is 0 Å². The van der Waals surface area contributed by atoms with Crippen LogP contribution in [-0.2, 0) is 0 Å². The first kappa shape index (κ1) is 11.0. The van der Waals surface area contributed by atoms with Crippen molar-refractivity contribution in [3.63, 3.8) is 0 Å². The molecule has 0 bridgehead atoms. The zero-order chi connectivity index (χ0) is 11.6. The highest BCUT2D eigenvalue weighted by Crippen LogP contribution is 2.33. The average Bonchev–Trinajstić information content (AvgIpc) is 2.15. The maximum Gasteiger partial charge on any atom is 0.374 e. The van der Waals surface area contributed by atoms with Crippen LogP contribution in [0.2, 0.25) is 0 Å². The van der Waals surface area contributed by atoms with Crippen LogP contribution in [0, 0.1) is 10.1 Å². The average molecular weight is 218 g/mol. The van der Waals surface area contributed by atoms with E-state index in [1.165, 1.54) is 0 Å². The first-order chi connectivity index (χ1) is 6.99. The number of halogens is 2. The molecule has 80 valence electrons. The second-order valence-corrected chi connectivity index (χ2v) is 2.47. The molecule has 8 heteroatoms. The number of pyridine rings is 1. The van der Waals surface area contributed by atoms with E-state index in [-0.39, 0.29) is 6.29 Å². The van der Waals surface area contributed by atoms with Crippen LogP contribution in [0.15, 0.2) is 6.20 Å². The SMILES string of the molecule is O=Cc1c([N+](=O)[O-])ncc(O)c1C(F)F. The number of nitro groups is 1. The number of carbonyl (C=O) groups is 1. The van der Waals surface area contributed by atoms with Gasteiger partial charge in [0.05, 0.1) is 5.56 Å². The van der Waals surface area contributed by atoms with E-state index in [0.717, 1.165) is 0 Å². The van der Waals surface area contributed by atoms with Gasteiger partial charge in [0, 0.05) is 0 Å². The molecule has 0 aliphatic rings. The zero-order valence-corrected chi connectivity index (χ0v) is 7.05. The lowest BCUT2D eigenvalue weighted by Gasteiger charge is -2.04. The normalized spacial score (nSPS) is 10.3. The molecule has 1 heterocycles. The van der Waals surface area contributed by atoms with E-state index in [4.69, 9.17) is 5.11 Å². The number of nitrogens with zero attached hydrogens (tertiary/aromatic N) is 2. The Morgan fingerprint density at radius 2 is 2.20 bits per heavy atom. The molecule has 0 atom stereocenters. The second-order valence-electron chi connectivity index (χ2n) is 2.47. The molecule has 0 aromatic carbocycles. The molecule has 1 aromatic heterocycles. The fourth-order valence-corrected chi connectivity index (χ4v) is 1.01. The van der Waals surface area contributed by atoms with Crippen LogP contribution >= 0.6 is 0 Å². The van der Waals surface area contributed by atoms with Crippen molar-refractivity contribution in [3.05, 3.63) is 27.4 Å². The monoisotopic (exact) mass is 218 g/mol. The lowest BCUT2D eigenvalue weighted by molar-refractivity contribution is -0.389. The number of hydrogen-bond acceptors (Lipinski definition) is 5. The summed E-state index contributed by atoms with van der Waals surface area (Å²) in [5, 5.41) is 19.3. The summed E-state index contributed by atoms with van der Waals surface area (Å²) in [6.07, 6.45) is -2.81. The van der Waals surface area contributed by atoms with E-state index in [1.807, 2.05) is 0 Å². The highest BCUT2D eigenvalue weighted by molar-refractivity contribution is 5.83. The van der Waals surface area contributed by atoms with Gasteiger partial charge in [-0.15, -0.1) is 0 Å². The van der Waals surface area contributed by atoms with Gasteiger partial charge in [0.2, 0.25) is 0 Å². The summed E-state index contributed by atoms with van der Waals surface area (Å²) in [4.78, 5) is 22.7. The number of rotatable bonds is 3. The van der Waals surface area contributed by atoms with E-state index in [1.54, 1.807) is 0 Å². The molecule has 1 rings (SSSR count). The second kappa shape index (κ2) is 3.95. The molecule has 6 nitrogen and oxygen atoms in total. The molecule has 15 heavy (non-hydrogen) atoms. The topological polar surface area (TPSA) is 93.3 Å². The van der Waals surface area contributed by atoms with Gasteiger partial charge in [0.1, 0.15) is 5.56 Å². The quantitative estimate of drug-likeness (QED) is 0.470. The van der Waals surface area contributed by atoms with E-state index < -0.39 is 34.0 Å². The lowest BCUT2D eigenvalue weighted by Crippen LogP contribution is -2.03. The molecule has 1 aromatic rings. The molecule has 1 N–H and O–H groups in total. The van der Waals surface area contributed by atoms with Crippen molar-refractivity contribution in [1.82, 2.24) is 4.98 Å². The Labute approximate surface area is 81.3 Å². The van der Waals surface area contributed by atoms with Gasteiger partial charge in [-0.05, 0) is 9.91 Å². The molecular weight excluding hydrogens is 214 g/mol. The molecule has 0 saturated heterocycles. The largest absolute Gasteiger partial charge is 0.504 e. The van der Waals surface area contributed by atoms with Crippen LogP contribution < -0.4 is 0 Å². The van der Waals surface area contributed by atoms with Crippen molar-refractivity contribution < 1.29 is 23.6 Å². The van der Waals surface area contributed by atoms with Gasteiger partial charge in [-0.2, -0.15) is 0 Å². The molecule has 0 radical (unpaired) electrons. The van der Waals surface area contributed by atoms with Crippen LogP contribution in [0.5, 0.6) is 5.75 Å². The molecule has 0 aliphatic heterocycles. The first-order valence-corrected chi connectivity index (χ1v) is 3.58. The third-order valence-electron chi connectivity index (χ3n) is 1.63. The van der Waals surface area contributed by atoms with Crippen LogP contribution in [0.4, 0.5) is 14.6 Å². The summed E-state index contributed by atoms with van der Waals surface area (Å²) in [5.41, 5.74) is -1.98. The van der Waals surface area contributed by atoms with Crippen molar-refractivity contribution in [3.8, 4) is 5.75 Å². The number of alkyl halides is 2. The van der Waals surface area contributed by atoms with Crippen molar-refractivity contribution in [2.45, 2.75) is 6.43 Å². The minimum Gasteiger partial charge on any atom is -0.504 e. The summed E-state index contributed by atoms with van der Waals surface area (Å²) in [7, 11) is 0. The standard InChI is InChI=1S/C7H4F2N2O4/c8-6(9)5-3(2-12)7(11(14)15)10-1-4(5)13/h1-2,6,13H. The minimum atomic E-state index is -3.19. The Morgan fingerprint density at radius 1 is 1.60 bits per heavy atom. The Bertz CT molecular complexity index is 422. The summed E-state index contributed by atoms with van der Waals surface area (Å²) >= 11 is 0. The van der Waals surface area contributed by atoms with Gasteiger partial charge < -0.3 is 15.2 Å². The fraction of sp³-hybridized carbons (Fsp3) is 0.143. The summed E-state index contributed by atoms with van der Waals surface area (Å²) < 4.78 is 24.7. The predicted octanol–water partition coefficient (Wildman–Crippen LogP) is 1.45. The smallest absolute Gasteiger partial charge is 0.374 e. The molecule has 0 amide bonds. The fourth-order valence-electron chi connectivity index (χ4n) is 1.01. The van der Waals surface area contributed by atoms with Crippen LogP contribution in [0.3, 0.4) is 0 Å². The molecule has 0 spiro atoms. The minimum absolute atomic E-state index is 0.133. The van der Waals surface area contributed by atoms with E-state index in [2.05, 4.69) is 4.98 Å². The number of aromatic hydroxyl groups is 1. The van der Waals surface area contributed by atoms with Gasteiger partial charge >= 0.3 is 5.82 Å². The Morgan fingerprint density at radius 3 is 2.60 bits per heavy atom. The lowest BCUT2D eigenvalue weighted by atomic mass is 10.1. The predicted molar refractivity (Wildman–Crippen MR) is 42.9 cm³/mol. The summed E-state index contributed by atoms with van der Waals surface area (Å²) in [6.45, 7) is 0. The van der Waals surface area contributed by atoms with E-state index in [0.29, 0.717) is 6.20 Å². The van der Waals surface area contributed by atoms with E-state index in [9.17, 15) is 23.7 Å². The number of carbonyl (C=O) groups excluding carboxylic acids is 1. The molecule has 0 aliphatic carbocycles. The summed E-state index contributed by atoms with van der Waals surface area (Å²) in [5.74, 6) is -1.95. The third-order valence-corrected chi connectivity index (χ3v) is 1.63. The van der Waals surface area contributed by atoms with E-state index >= 15 is 0 Å². The van der Waals surface area contributed by atoms with Crippen molar-refractivity contribution >= 4 is 12.1 Å². The number of hydrogen-bond donors (Lipinski definition) is 1. The zero-order valence-electron chi connectivity index (χ0n) is 7.05. The van der Waals surface area contributed by atoms with Gasteiger partial charge in [0.25, 0.3) is 6.43 Å². The van der Waals surface area contributed by atoms with Crippen molar-refractivity contribution in [2.75, 3.05) is 0 Å². The maximum absolute atomic E-state index is 12.3. The number of aldehydes is 1. The molecule has 0 unspecified atom stereocenters. The number of aromatic nitrogens is 1. The Balaban J connectivity index is 3.54. The highest BCUT2D eigenvalue weighted by atomic mass is 19.3. The highest BCUT2D eigenvalue weighted by Gasteiger charge is 2.27. The Hall–Kier alpha value is -2.12. The van der Waals surface area contributed by atoms with Crippen LogP contribution in [-0.4, -0.2) is 21.3 Å². The van der Waals surface area contributed by atoms with Crippen molar-refractivity contribution in [1.29, 1.82) is 0 Å². The molecule has 0 saturated carbocycles. The van der Waals surface area contributed by atoms with Gasteiger partial charge in [0.15, 0.2) is 18.2 Å². The third kappa shape index (κ3) is 1.87. The van der Waals surface area contributed by atoms with Crippen LogP contribution in [0.25, 0.3) is 0 Å². The van der Waals surface area contributed by atoms with Gasteiger partial charge in [-0.3, -0.25) is 4.79 Å². The molecule has 0 fully saturated rings. The van der Waals surface area contributed by atoms with Crippen LogP contribution in [0.1, 0.15) is 22.3 Å².